The molecule has 1 aliphatic heterocycles. The molecule has 0 N–H and O–H groups in total. The smallest absolute Gasteiger partial charge is 0.0668 e. The van der Waals surface area contributed by atoms with Crippen molar-refractivity contribution in [2.24, 2.45) is 5.92 Å². The van der Waals surface area contributed by atoms with E-state index in [9.17, 15) is 0 Å². The van der Waals surface area contributed by atoms with Gasteiger partial charge in [-0.05, 0) is 25.7 Å². The van der Waals surface area contributed by atoms with Gasteiger partial charge in [0, 0.05) is 12.5 Å². The summed E-state index contributed by atoms with van der Waals surface area (Å²) < 4.78 is 5.44. The Bertz CT molecular complexity index is 160. The second kappa shape index (κ2) is 5.40. The van der Waals surface area contributed by atoms with Crippen molar-refractivity contribution < 1.29 is 4.74 Å². The zero-order chi connectivity index (χ0) is 8.81. The molecule has 2 nitrogen and oxygen atoms in total. The molecule has 12 heavy (non-hydrogen) atoms. The van der Waals surface area contributed by atoms with Crippen LogP contribution in [0.15, 0.2) is 0 Å². The summed E-state index contributed by atoms with van der Waals surface area (Å²) in [5, 5.41) is 8.62. The lowest BCUT2D eigenvalue weighted by Crippen LogP contribution is -2.08. The molecule has 0 aliphatic carbocycles. The van der Waals surface area contributed by atoms with E-state index in [0.29, 0.717) is 12.0 Å². The molecule has 0 amide bonds. The predicted molar refractivity (Wildman–Crippen MR) is 48.0 cm³/mol. The Hall–Kier alpha value is -0.260. The molecule has 0 aromatic carbocycles. The zero-order valence-electron chi connectivity index (χ0n) is 7.13. The van der Waals surface area contributed by atoms with Crippen LogP contribution in [0.25, 0.3) is 0 Å². The van der Waals surface area contributed by atoms with E-state index < -0.39 is 0 Å². The van der Waals surface area contributed by atoms with Crippen molar-refractivity contribution in [2.45, 2.75) is 31.8 Å². The monoisotopic (exact) mass is 187 g/mol. The number of nitriles is 1. The number of hydrogen-bond acceptors (Lipinski definition) is 2. The highest BCUT2D eigenvalue weighted by Crippen LogP contribution is 2.19. The van der Waals surface area contributed by atoms with E-state index in [1.807, 2.05) is 0 Å². The second-order valence-electron chi connectivity index (χ2n) is 3.19. The van der Waals surface area contributed by atoms with Crippen molar-refractivity contribution in [3.63, 3.8) is 0 Å². The van der Waals surface area contributed by atoms with E-state index in [2.05, 4.69) is 6.07 Å². The van der Waals surface area contributed by atoms with Gasteiger partial charge in [-0.15, -0.1) is 11.6 Å². The molecule has 68 valence electrons. The lowest BCUT2D eigenvalue weighted by Gasteiger charge is -2.10. The maximum Gasteiger partial charge on any atom is 0.0668 e. The molecule has 1 aliphatic rings. The molecule has 2 atom stereocenters. The fourth-order valence-corrected chi connectivity index (χ4v) is 1.66. The molecule has 0 saturated carbocycles. The summed E-state index contributed by atoms with van der Waals surface area (Å²) in [4.78, 5) is 0. The highest BCUT2D eigenvalue weighted by Gasteiger charge is 2.17. The van der Waals surface area contributed by atoms with Gasteiger partial charge in [-0.3, -0.25) is 0 Å². The minimum atomic E-state index is 0.0101. The molecular formula is C9H14ClNO. The van der Waals surface area contributed by atoms with Gasteiger partial charge >= 0.3 is 0 Å². The van der Waals surface area contributed by atoms with Gasteiger partial charge in [-0.1, -0.05) is 0 Å². The molecule has 1 fully saturated rings. The molecule has 0 aromatic heterocycles. The van der Waals surface area contributed by atoms with Crippen molar-refractivity contribution in [2.75, 3.05) is 12.5 Å². The summed E-state index contributed by atoms with van der Waals surface area (Å²) in [6.07, 6.45) is 4.59. The summed E-state index contributed by atoms with van der Waals surface area (Å²) in [6.45, 7) is 0.892. The van der Waals surface area contributed by atoms with Crippen LogP contribution in [-0.2, 0) is 4.74 Å². The normalized spacial score (nSPS) is 25.2. The molecular weight excluding hydrogens is 174 g/mol. The first kappa shape index (κ1) is 9.83. The highest BCUT2D eigenvalue weighted by atomic mass is 35.5. The molecule has 0 spiro atoms. The van der Waals surface area contributed by atoms with Crippen LogP contribution >= 0.6 is 11.6 Å². The lowest BCUT2D eigenvalue weighted by molar-refractivity contribution is 0.101. The van der Waals surface area contributed by atoms with Crippen LogP contribution in [-0.4, -0.2) is 18.6 Å². The van der Waals surface area contributed by atoms with Crippen molar-refractivity contribution >= 4 is 11.6 Å². The van der Waals surface area contributed by atoms with Crippen LogP contribution in [0.4, 0.5) is 0 Å². The van der Waals surface area contributed by atoms with Crippen LogP contribution < -0.4 is 0 Å². The Morgan fingerprint density at radius 2 is 2.50 bits per heavy atom. The van der Waals surface area contributed by atoms with Crippen LogP contribution in [0, 0.1) is 17.2 Å². The van der Waals surface area contributed by atoms with Crippen LogP contribution in [0.1, 0.15) is 25.7 Å². The number of alkyl halides is 1. The average Bonchev–Trinajstić information content (AvgIpc) is 2.59. The molecule has 0 aromatic rings. The Balaban J connectivity index is 2.11. The zero-order valence-corrected chi connectivity index (χ0v) is 7.89. The molecule has 0 bridgehead atoms. The summed E-state index contributed by atoms with van der Waals surface area (Å²) in [7, 11) is 0. The van der Waals surface area contributed by atoms with Crippen LogP contribution in [0.2, 0.25) is 0 Å². The maximum absolute atomic E-state index is 8.62. The number of ether oxygens (including phenoxy) is 1. The van der Waals surface area contributed by atoms with Crippen molar-refractivity contribution in [3.05, 3.63) is 0 Å². The molecule has 3 heteroatoms. The molecule has 1 rings (SSSR count). The highest BCUT2D eigenvalue weighted by molar-refractivity contribution is 6.18. The largest absolute Gasteiger partial charge is 0.378 e. The summed E-state index contributed by atoms with van der Waals surface area (Å²) in [5.41, 5.74) is 0. The first-order chi connectivity index (χ1) is 5.86. The van der Waals surface area contributed by atoms with E-state index >= 15 is 0 Å². The minimum Gasteiger partial charge on any atom is -0.378 e. The Morgan fingerprint density at radius 1 is 1.67 bits per heavy atom. The first-order valence-electron chi connectivity index (χ1n) is 4.44. The Morgan fingerprint density at radius 3 is 3.00 bits per heavy atom. The second-order valence-corrected chi connectivity index (χ2v) is 3.50. The minimum absolute atomic E-state index is 0.0101. The van der Waals surface area contributed by atoms with E-state index in [0.717, 1.165) is 25.9 Å². The lowest BCUT2D eigenvalue weighted by atomic mass is 10.0. The van der Waals surface area contributed by atoms with Crippen LogP contribution in [0.3, 0.4) is 0 Å². The van der Waals surface area contributed by atoms with Gasteiger partial charge in [0.15, 0.2) is 0 Å². The van der Waals surface area contributed by atoms with Gasteiger partial charge in [0.25, 0.3) is 0 Å². The van der Waals surface area contributed by atoms with Gasteiger partial charge in [0.1, 0.15) is 0 Å². The SMILES string of the molecule is N#CC(CCl)CCC1CCCO1. The Labute approximate surface area is 78.5 Å². The number of hydrogen-bond donors (Lipinski definition) is 0. The molecule has 0 radical (unpaired) electrons. The summed E-state index contributed by atoms with van der Waals surface area (Å²) >= 11 is 5.59. The van der Waals surface area contributed by atoms with Crippen molar-refractivity contribution in [1.29, 1.82) is 5.26 Å². The quantitative estimate of drug-likeness (QED) is 0.633. The van der Waals surface area contributed by atoms with Gasteiger partial charge in [-0.2, -0.15) is 5.26 Å². The fourth-order valence-electron chi connectivity index (χ4n) is 1.44. The van der Waals surface area contributed by atoms with Gasteiger partial charge < -0.3 is 4.74 Å². The van der Waals surface area contributed by atoms with Crippen LogP contribution in [0.5, 0.6) is 0 Å². The number of rotatable bonds is 4. The Kier molecular flexibility index (Phi) is 4.42. The number of halogens is 1. The van der Waals surface area contributed by atoms with Crippen molar-refractivity contribution in [1.82, 2.24) is 0 Å². The molecule has 1 saturated heterocycles. The average molecular weight is 188 g/mol. The molecule has 2 unspecified atom stereocenters. The van der Waals surface area contributed by atoms with E-state index in [4.69, 9.17) is 21.6 Å². The summed E-state index contributed by atoms with van der Waals surface area (Å²) in [5.74, 6) is 0.458. The first-order valence-corrected chi connectivity index (χ1v) is 4.97. The number of nitrogens with zero attached hydrogens (tertiary/aromatic N) is 1. The fraction of sp³-hybridized carbons (Fsp3) is 0.889. The van der Waals surface area contributed by atoms with Gasteiger partial charge in [-0.25, -0.2) is 0 Å². The van der Waals surface area contributed by atoms with Gasteiger partial charge in [0.2, 0.25) is 0 Å². The summed E-state index contributed by atoms with van der Waals surface area (Å²) in [6, 6.07) is 2.19. The third kappa shape index (κ3) is 3.00. The molecule has 1 heterocycles. The predicted octanol–water partition coefficient (Wildman–Crippen LogP) is 2.32. The van der Waals surface area contributed by atoms with Gasteiger partial charge in [0.05, 0.1) is 18.1 Å². The van der Waals surface area contributed by atoms with E-state index in [1.54, 1.807) is 0 Å². The topological polar surface area (TPSA) is 33.0 Å². The van der Waals surface area contributed by atoms with E-state index in [-0.39, 0.29) is 5.92 Å². The van der Waals surface area contributed by atoms with E-state index in [1.165, 1.54) is 6.42 Å². The third-order valence-corrected chi connectivity index (χ3v) is 2.60. The standard InChI is InChI=1S/C9H14ClNO/c10-6-8(7-11)3-4-9-2-1-5-12-9/h8-9H,1-6H2. The maximum atomic E-state index is 8.62. The third-order valence-electron chi connectivity index (χ3n) is 2.23. The van der Waals surface area contributed by atoms with Crippen molar-refractivity contribution in [3.8, 4) is 6.07 Å².